The number of methoxy groups -OCH3 is 1. The van der Waals surface area contributed by atoms with Gasteiger partial charge in [0, 0.05) is 12.3 Å². The van der Waals surface area contributed by atoms with Gasteiger partial charge in [-0.2, -0.15) is 31.4 Å². The van der Waals surface area contributed by atoms with Gasteiger partial charge in [-0.25, -0.2) is 0 Å². The molecule has 0 bridgehead atoms. The Hall–Kier alpha value is -4.29. The molecule has 4 rings (SSSR count). The van der Waals surface area contributed by atoms with E-state index >= 15 is 0 Å². The van der Waals surface area contributed by atoms with Crippen molar-refractivity contribution in [2.45, 2.75) is 25.3 Å². The Morgan fingerprint density at radius 2 is 1.78 bits per heavy atom. The zero-order valence-electron chi connectivity index (χ0n) is 19.2. The first-order valence-electron chi connectivity index (χ1n) is 10.6. The molecule has 0 fully saturated rings. The minimum atomic E-state index is -5.03. The normalized spacial score (nSPS) is 12.9. The lowest BCUT2D eigenvalue weighted by molar-refractivity contribution is -0.143. The van der Waals surface area contributed by atoms with Crippen LogP contribution < -0.4 is 10.1 Å². The molecule has 0 radical (unpaired) electrons. The Balaban J connectivity index is 1.54. The van der Waals surface area contributed by atoms with Crippen LogP contribution in [-0.4, -0.2) is 28.0 Å². The summed E-state index contributed by atoms with van der Waals surface area (Å²) in [5.74, 6) is 0.0962. The van der Waals surface area contributed by atoms with Crippen molar-refractivity contribution in [2.75, 3.05) is 12.4 Å². The van der Waals surface area contributed by atoms with E-state index in [0.29, 0.717) is 17.4 Å². The maximum absolute atomic E-state index is 13.6. The van der Waals surface area contributed by atoms with Crippen LogP contribution in [0.5, 0.6) is 5.75 Å². The summed E-state index contributed by atoms with van der Waals surface area (Å²) in [5.41, 5.74) is -2.65. The highest BCUT2D eigenvalue weighted by Crippen LogP contribution is 2.40. The fourth-order valence-corrected chi connectivity index (χ4v) is 3.65. The summed E-state index contributed by atoms with van der Waals surface area (Å²) in [6, 6.07) is 8.62. The van der Waals surface area contributed by atoms with E-state index in [0.717, 1.165) is 10.7 Å². The van der Waals surface area contributed by atoms with Gasteiger partial charge in [-0.15, -0.1) is 0 Å². The van der Waals surface area contributed by atoms with Crippen molar-refractivity contribution in [2.24, 2.45) is 0 Å². The van der Waals surface area contributed by atoms with Gasteiger partial charge < -0.3 is 14.6 Å². The predicted octanol–water partition coefficient (Wildman–Crippen LogP) is 6.45. The second-order valence-electron chi connectivity index (χ2n) is 7.91. The molecule has 0 unspecified atom stereocenters. The highest BCUT2D eigenvalue weighted by atomic mass is 19.4. The van der Waals surface area contributed by atoms with Gasteiger partial charge in [-0.05, 0) is 36.8 Å². The van der Waals surface area contributed by atoms with Crippen molar-refractivity contribution >= 4 is 11.6 Å². The van der Waals surface area contributed by atoms with Gasteiger partial charge in [0.1, 0.15) is 5.75 Å². The largest absolute Gasteiger partial charge is 0.496 e. The fourth-order valence-electron chi connectivity index (χ4n) is 3.65. The molecule has 194 valence electrons. The number of para-hydroxylation sites is 1. The number of hydrogen-bond acceptors (Lipinski definition) is 5. The van der Waals surface area contributed by atoms with Crippen LogP contribution in [0, 0.1) is 0 Å². The Morgan fingerprint density at radius 1 is 1.05 bits per heavy atom. The zero-order valence-corrected chi connectivity index (χ0v) is 19.2. The topological polar surface area (TPSA) is 82.2 Å². The quantitative estimate of drug-likeness (QED) is 0.294. The standard InChI is InChI=1S/C24H18F6N4O3/c1-13(16-8-7-14(23(25,26)27)9-18(16)24(28,29)30)34-12-15(11-31-34)32-22(35)19-10-21(37-33-19)17-5-3-4-6-20(17)36-2/h3-13H,1-2H3,(H,32,35)/t13-/m0/s1. The first-order chi connectivity index (χ1) is 17.4. The summed E-state index contributed by atoms with van der Waals surface area (Å²) in [5, 5.41) is 10.2. The summed E-state index contributed by atoms with van der Waals surface area (Å²) < 4.78 is 91.1. The Kier molecular flexibility index (Phi) is 6.72. The predicted molar refractivity (Wildman–Crippen MR) is 119 cm³/mol. The SMILES string of the molecule is COc1ccccc1-c1cc(C(=O)Nc2cnn([C@@H](C)c3ccc(C(F)(F)F)cc3C(F)(F)F)c2)no1. The van der Waals surface area contributed by atoms with Crippen molar-refractivity contribution in [1.82, 2.24) is 14.9 Å². The van der Waals surface area contributed by atoms with E-state index in [1.165, 1.54) is 32.5 Å². The third-order valence-electron chi connectivity index (χ3n) is 5.51. The molecule has 0 aliphatic carbocycles. The lowest BCUT2D eigenvalue weighted by Crippen LogP contribution is -2.17. The maximum Gasteiger partial charge on any atom is 0.416 e. The van der Waals surface area contributed by atoms with E-state index in [-0.39, 0.29) is 23.2 Å². The Morgan fingerprint density at radius 3 is 2.46 bits per heavy atom. The van der Waals surface area contributed by atoms with Crippen molar-refractivity contribution in [1.29, 1.82) is 0 Å². The van der Waals surface area contributed by atoms with E-state index in [2.05, 4.69) is 15.6 Å². The Labute approximate surface area is 205 Å². The van der Waals surface area contributed by atoms with Crippen LogP contribution in [0.2, 0.25) is 0 Å². The molecule has 0 saturated heterocycles. The fraction of sp³-hybridized carbons (Fsp3) is 0.208. The minimum absolute atomic E-state index is 0.0713. The number of anilines is 1. The molecule has 0 aliphatic heterocycles. The molecule has 2 aromatic heterocycles. The molecule has 2 aromatic carbocycles. The number of benzene rings is 2. The summed E-state index contributed by atoms with van der Waals surface area (Å²) in [4.78, 5) is 12.6. The van der Waals surface area contributed by atoms with Crippen LogP contribution in [-0.2, 0) is 12.4 Å². The van der Waals surface area contributed by atoms with Crippen LogP contribution in [0.15, 0.2) is 65.4 Å². The average Bonchev–Trinajstić information content (AvgIpc) is 3.52. The van der Waals surface area contributed by atoms with Crippen LogP contribution in [0.1, 0.15) is 40.1 Å². The molecule has 37 heavy (non-hydrogen) atoms. The van der Waals surface area contributed by atoms with E-state index in [1.54, 1.807) is 24.3 Å². The lowest BCUT2D eigenvalue weighted by Gasteiger charge is -2.20. The van der Waals surface area contributed by atoms with Crippen molar-refractivity contribution in [3.63, 3.8) is 0 Å². The molecule has 1 N–H and O–H groups in total. The number of nitrogens with one attached hydrogen (secondary N) is 1. The number of hydrogen-bond donors (Lipinski definition) is 1. The van der Waals surface area contributed by atoms with Crippen LogP contribution in [0.3, 0.4) is 0 Å². The van der Waals surface area contributed by atoms with Crippen molar-refractivity contribution in [3.8, 4) is 17.1 Å². The molecular formula is C24H18F6N4O3. The number of ether oxygens (including phenoxy) is 1. The number of carbonyl (C=O) groups excluding carboxylic acids is 1. The van der Waals surface area contributed by atoms with E-state index in [4.69, 9.17) is 9.26 Å². The molecule has 1 atom stereocenters. The van der Waals surface area contributed by atoms with Crippen LogP contribution in [0.4, 0.5) is 32.0 Å². The monoisotopic (exact) mass is 524 g/mol. The number of aromatic nitrogens is 3. The van der Waals surface area contributed by atoms with E-state index in [1.807, 2.05) is 0 Å². The van der Waals surface area contributed by atoms with Gasteiger partial charge in [0.15, 0.2) is 11.5 Å². The highest BCUT2D eigenvalue weighted by molar-refractivity contribution is 6.03. The van der Waals surface area contributed by atoms with Gasteiger partial charge in [-0.3, -0.25) is 9.48 Å². The molecule has 2 heterocycles. The molecular weight excluding hydrogens is 506 g/mol. The van der Waals surface area contributed by atoms with Gasteiger partial charge in [0.2, 0.25) is 0 Å². The minimum Gasteiger partial charge on any atom is -0.496 e. The van der Waals surface area contributed by atoms with Gasteiger partial charge >= 0.3 is 12.4 Å². The molecule has 4 aromatic rings. The van der Waals surface area contributed by atoms with Crippen LogP contribution >= 0.6 is 0 Å². The summed E-state index contributed by atoms with van der Waals surface area (Å²) in [7, 11) is 1.48. The molecule has 1 amide bonds. The average molecular weight is 524 g/mol. The highest BCUT2D eigenvalue weighted by Gasteiger charge is 2.39. The molecule has 13 heteroatoms. The lowest BCUT2D eigenvalue weighted by atomic mass is 9.98. The molecule has 0 saturated carbocycles. The molecule has 0 spiro atoms. The Bertz CT molecular complexity index is 1420. The number of carbonyl (C=O) groups is 1. The smallest absolute Gasteiger partial charge is 0.416 e. The third-order valence-corrected chi connectivity index (χ3v) is 5.51. The van der Waals surface area contributed by atoms with Gasteiger partial charge in [0.25, 0.3) is 5.91 Å². The zero-order chi connectivity index (χ0) is 27.0. The summed E-state index contributed by atoms with van der Waals surface area (Å²) in [6.07, 6.45) is -7.52. The van der Waals surface area contributed by atoms with Crippen molar-refractivity contribution < 1.29 is 40.4 Å². The summed E-state index contributed by atoms with van der Waals surface area (Å²) >= 11 is 0. The summed E-state index contributed by atoms with van der Waals surface area (Å²) in [6.45, 7) is 1.34. The van der Waals surface area contributed by atoms with E-state index in [9.17, 15) is 31.1 Å². The second kappa shape index (κ2) is 9.64. The number of halogens is 6. The number of rotatable bonds is 6. The first-order valence-corrected chi connectivity index (χ1v) is 10.6. The third kappa shape index (κ3) is 5.44. The second-order valence-corrected chi connectivity index (χ2v) is 7.91. The maximum atomic E-state index is 13.6. The van der Waals surface area contributed by atoms with Gasteiger partial charge in [0.05, 0.1) is 41.7 Å². The van der Waals surface area contributed by atoms with Crippen molar-refractivity contribution in [3.05, 3.63) is 83.3 Å². The number of amides is 1. The van der Waals surface area contributed by atoms with Crippen LogP contribution in [0.25, 0.3) is 11.3 Å². The number of nitrogens with zero attached hydrogens (tertiary/aromatic N) is 3. The molecule has 0 aliphatic rings. The first kappa shape index (κ1) is 25.8. The number of alkyl halides is 6. The van der Waals surface area contributed by atoms with Gasteiger partial charge in [-0.1, -0.05) is 23.4 Å². The molecule has 7 nitrogen and oxygen atoms in total. The van der Waals surface area contributed by atoms with E-state index < -0.39 is 41.0 Å².